The molecule has 4 aliphatic rings. The van der Waals surface area contributed by atoms with Crippen LogP contribution in [0, 0.1) is 46.3 Å². The highest BCUT2D eigenvalue weighted by molar-refractivity contribution is 5.91. The van der Waals surface area contributed by atoms with Gasteiger partial charge < -0.3 is 28.6 Å². The second kappa shape index (κ2) is 17.7. The van der Waals surface area contributed by atoms with Gasteiger partial charge in [0.05, 0.1) is 45.5 Å². The summed E-state index contributed by atoms with van der Waals surface area (Å²) in [6.45, 7) is 13.9. The van der Waals surface area contributed by atoms with Crippen molar-refractivity contribution in [1.29, 1.82) is 0 Å². The zero-order valence-corrected chi connectivity index (χ0v) is 33.9. The van der Waals surface area contributed by atoms with E-state index in [1.807, 2.05) is 19.0 Å². The van der Waals surface area contributed by atoms with Gasteiger partial charge in [0.1, 0.15) is 0 Å². The maximum Gasteiger partial charge on any atom is 0.338 e. The van der Waals surface area contributed by atoms with Gasteiger partial charge >= 0.3 is 11.9 Å². The second-order valence-electron chi connectivity index (χ2n) is 17.8. The Kier molecular flexibility index (Phi) is 13.8. The highest BCUT2D eigenvalue weighted by Gasteiger charge is 2.59. The first kappa shape index (κ1) is 40.6. The number of ether oxygens (including phenoxy) is 5. The summed E-state index contributed by atoms with van der Waals surface area (Å²) in [5, 5.41) is 0. The molecule has 1 aromatic carbocycles. The van der Waals surface area contributed by atoms with Gasteiger partial charge in [0, 0.05) is 6.54 Å². The zero-order valence-electron chi connectivity index (χ0n) is 33.9. The lowest BCUT2D eigenvalue weighted by Crippen LogP contribution is -2.51. The molecule has 1 aromatic rings. The lowest BCUT2D eigenvalue weighted by Gasteiger charge is -2.58. The van der Waals surface area contributed by atoms with Crippen molar-refractivity contribution >= 4 is 11.9 Å². The van der Waals surface area contributed by atoms with Crippen molar-refractivity contribution in [2.45, 2.75) is 124 Å². The predicted molar refractivity (Wildman–Crippen MR) is 206 cm³/mol. The first-order valence-corrected chi connectivity index (χ1v) is 20.4. The fraction of sp³-hybridized carbons (Fsp3) is 0.773. The molecular formula is C44H69NO7. The molecular weight excluding hydrogens is 654 g/mol. The number of nitrogens with zero attached hydrogens (tertiary/aromatic N) is 1. The van der Waals surface area contributed by atoms with Gasteiger partial charge in [-0.25, -0.2) is 4.79 Å². The number of hydrogen-bond donors (Lipinski definition) is 0. The third kappa shape index (κ3) is 9.02. The molecule has 8 heteroatoms. The number of fused-ring (bicyclic) bond motifs is 5. The van der Waals surface area contributed by atoms with E-state index in [2.05, 4.69) is 40.7 Å². The normalized spacial score (nSPS) is 30.2. The average molecular weight is 724 g/mol. The molecule has 5 rings (SSSR count). The van der Waals surface area contributed by atoms with E-state index in [1.54, 1.807) is 5.57 Å². The van der Waals surface area contributed by atoms with Crippen LogP contribution >= 0.6 is 0 Å². The number of esters is 2. The summed E-state index contributed by atoms with van der Waals surface area (Å²) in [5.74, 6) is 4.66. The smallest absolute Gasteiger partial charge is 0.338 e. The summed E-state index contributed by atoms with van der Waals surface area (Å²) in [5.41, 5.74) is 2.63. The molecule has 8 nitrogen and oxygen atoms in total. The van der Waals surface area contributed by atoms with E-state index in [0.29, 0.717) is 18.6 Å². The number of allylic oxidation sites excluding steroid dienone is 1. The molecule has 1 unspecified atom stereocenters. The summed E-state index contributed by atoms with van der Waals surface area (Å²) in [6.07, 6.45) is 17.7. The van der Waals surface area contributed by atoms with E-state index < -0.39 is 11.9 Å². The van der Waals surface area contributed by atoms with Gasteiger partial charge in [-0.1, -0.05) is 65.5 Å². The third-order valence-electron chi connectivity index (χ3n) is 13.8. The van der Waals surface area contributed by atoms with Crippen molar-refractivity contribution in [2.75, 3.05) is 48.1 Å². The molecule has 0 aliphatic heterocycles. The van der Waals surface area contributed by atoms with Crippen LogP contribution in [0.3, 0.4) is 0 Å². The minimum atomic E-state index is -0.486. The maximum atomic E-state index is 13.0. The van der Waals surface area contributed by atoms with Crippen molar-refractivity contribution in [3.63, 3.8) is 0 Å². The fourth-order valence-corrected chi connectivity index (χ4v) is 11.0. The van der Waals surface area contributed by atoms with Crippen LogP contribution in [0.1, 0.15) is 128 Å². The predicted octanol–water partition coefficient (Wildman–Crippen LogP) is 9.53. The number of carbonyl (C=O) groups is 2. The molecule has 3 saturated carbocycles. The Bertz CT molecular complexity index is 1380. The molecule has 0 heterocycles. The van der Waals surface area contributed by atoms with Crippen molar-refractivity contribution in [3.05, 3.63) is 29.3 Å². The Balaban J connectivity index is 1.12. The van der Waals surface area contributed by atoms with E-state index >= 15 is 0 Å². The highest BCUT2D eigenvalue weighted by Crippen LogP contribution is 2.67. The maximum absolute atomic E-state index is 13.0. The van der Waals surface area contributed by atoms with Gasteiger partial charge in [0.25, 0.3) is 0 Å². The van der Waals surface area contributed by atoms with Gasteiger partial charge in [-0.05, 0) is 130 Å². The van der Waals surface area contributed by atoms with E-state index in [4.69, 9.17) is 23.7 Å². The Labute approximate surface area is 314 Å². The molecule has 4 aliphatic carbocycles. The molecule has 3 fully saturated rings. The number of rotatable bonds is 17. The summed E-state index contributed by atoms with van der Waals surface area (Å²) in [6, 6.07) is 3.04. The standard InChI is InChI=1S/C44H69NO7/c1-29(2)12-10-13-30(3)35-16-17-36-34-15-14-32-28-33(18-21-43(32,4)37(34)19-22-44(35,36)5)50-25-20-40(46)52-41-38(48-8)26-31(27-39(41)49-9)42(47)51-24-11-23-45(6)7/h14,26-27,29-30,33-37H,10-13,15-25,28H2,1-9H3/t30-,33+,34+,35-,36+,37?,43+,44-/m1/s1. The van der Waals surface area contributed by atoms with Crippen LogP contribution < -0.4 is 14.2 Å². The van der Waals surface area contributed by atoms with Gasteiger partial charge in [-0.3, -0.25) is 4.79 Å². The van der Waals surface area contributed by atoms with Crippen LogP contribution in [0.15, 0.2) is 23.8 Å². The van der Waals surface area contributed by atoms with Crippen LogP contribution in [-0.2, 0) is 14.3 Å². The lowest BCUT2D eigenvalue weighted by molar-refractivity contribution is -0.136. The minimum absolute atomic E-state index is 0.108. The van der Waals surface area contributed by atoms with Gasteiger partial charge in [0.2, 0.25) is 5.75 Å². The molecule has 52 heavy (non-hydrogen) atoms. The van der Waals surface area contributed by atoms with Crippen LogP contribution in [0.5, 0.6) is 17.2 Å². The lowest BCUT2D eigenvalue weighted by atomic mass is 9.47. The number of carbonyl (C=O) groups excluding carboxylic acids is 2. The molecule has 0 saturated heterocycles. The number of hydrogen-bond acceptors (Lipinski definition) is 8. The molecule has 292 valence electrons. The summed E-state index contributed by atoms with van der Waals surface area (Å²) < 4.78 is 28.5. The van der Waals surface area contributed by atoms with Crippen molar-refractivity contribution in [2.24, 2.45) is 46.3 Å². The van der Waals surface area contributed by atoms with Gasteiger partial charge in [-0.2, -0.15) is 0 Å². The molecule has 0 radical (unpaired) electrons. The second-order valence-corrected chi connectivity index (χ2v) is 17.8. The molecule has 0 N–H and O–H groups in total. The monoisotopic (exact) mass is 724 g/mol. The molecule has 8 atom stereocenters. The number of methoxy groups -OCH3 is 2. The number of benzene rings is 1. The van der Waals surface area contributed by atoms with E-state index in [-0.39, 0.29) is 40.8 Å². The highest BCUT2D eigenvalue weighted by atomic mass is 16.6. The first-order valence-electron chi connectivity index (χ1n) is 20.4. The largest absolute Gasteiger partial charge is 0.493 e. The topological polar surface area (TPSA) is 83.5 Å². The zero-order chi connectivity index (χ0) is 37.6. The molecule has 0 bridgehead atoms. The van der Waals surface area contributed by atoms with Crippen molar-refractivity contribution in [3.8, 4) is 17.2 Å². The van der Waals surface area contributed by atoms with Crippen LogP contribution in [0.2, 0.25) is 0 Å². The van der Waals surface area contributed by atoms with Crippen molar-refractivity contribution in [1.82, 2.24) is 4.90 Å². The Morgan fingerprint density at radius 3 is 2.31 bits per heavy atom. The quantitative estimate of drug-likeness (QED) is 0.0681. The van der Waals surface area contributed by atoms with Gasteiger partial charge in [-0.15, -0.1) is 0 Å². The Morgan fingerprint density at radius 2 is 1.63 bits per heavy atom. The fourth-order valence-electron chi connectivity index (χ4n) is 11.0. The van der Waals surface area contributed by atoms with E-state index in [1.165, 1.54) is 77.7 Å². The first-order chi connectivity index (χ1) is 24.8. The summed E-state index contributed by atoms with van der Waals surface area (Å²) in [7, 11) is 6.88. The van der Waals surface area contributed by atoms with Gasteiger partial charge in [0.15, 0.2) is 11.5 Å². The molecule has 0 spiro atoms. The minimum Gasteiger partial charge on any atom is -0.493 e. The van der Waals surface area contributed by atoms with E-state index in [0.717, 1.165) is 67.7 Å². The van der Waals surface area contributed by atoms with E-state index in [9.17, 15) is 9.59 Å². The van der Waals surface area contributed by atoms with Crippen LogP contribution in [-0.4, -0.2) is 71.0 Å². The Morgan fingerprint density at radius 1 is 0.904 bits per heavy atom. The average Bonchev–Trinajstić information content (AvgIpc) is 3.47. The molecule has 0 aromatic heterocycles. The Hall–Kier alpha value is -2.58. The van der Waals surface area contributed by atoms with Crippen LogP contribution in [0.4, 0.5) is 0 Å². The molecule has 0 amide bonds. The summed E-state index contributed by atoms with van der Waals surface area (Å²) >= 11 is 0. The van der Waals surface area contributed by atoms with Crippen LogP contribution in [0.25, 0.3) is 0 Å². The summed E-state index contributed by atoms with van der Waals surface area (Å²) in [4.78, 5) is 27.7. The SMILES string of the molecule is COc1cc(C(=O)OCCCN(C)C)cc(OC)c1OC(=O)CCO[C@H]1CC[C@@]2(C)C(=CC[C@@H]3C2CC[C@]2(C)[C@@H]([C@H](C)CCCC(C)C)CC[C@@H]32)C1. The third-order valence-corrected chi connectivity index (χ3v) is 13.8. The van der Waals surface area contributed by atoms with Crippen molar-refractivity contribution < 1.29 is 33.3 Å².